The summed E-state index contributed by atoms with van der Waals surface area (Å²) in [6, 6.07) is 19.0. The molecule has 0 saturated carbocycles. The van der Waals surface area contributed by atoms with E-state index in [1.54, 1.807) is 6.20 Å². The minimum atomic E-state index is -0.635. The first-order valence-electron chi connectivity index (χ1n) is 9.98. The molecule has 1 fully saturated rings. The number of para-hydroxylation sites is 1. The largest absolute Gasteiger partial charge is 0.351 e. The second-order valence-electron chi connectivity index (χ2n) is 7.81. The molecule has 3 aromatic rings. The zero-order chi connectivity index (χ0) is 19.1. The Morgan fingerprint density at radius 3 is 2.68 bits per heavy atom. The Hall–Kier alpha value is -3.13. The highest BCUT2D eigenvalue weighted by Gasteiger charge is 2.51. The van der Waals surface area contributed by atoms with Gasteiger partial charge in [-0.25, -0.2) is 4.68 Å². The van der Waals surface area contributed by atoms with Crippen molar-refractivity contribution in [3.8, 4) is 11.8 Å². The molecule has 0 spiro atoms. The summed E-state index contributed by atoms with van der Waals surface area (Å²) < 4.78 is 2.07. The zero-order valence-corrected chi connectivity index (χ0v) is 16.0. The van der Waals surface area contributed by atoms with Gasteiger partial charge < -0.3 is 4.90 Å². The number of aromatic nitrogens is 3. The fourth-order valence-corrected chi connectivity index (χ4v) is 4.95. The molecule has 0 bridgehead atoms. The Balaban J connectivity index is 1.73. The third-order valence-electron chi connectivity index (χ3n) is 6.28. The molecule has 5 heteroatoms. The van der Waals surface area contributed by atoms with E-state index in [-0.39, 0.29) is 6.04 Å². The number of rotatable bonds is 2. The number of piperidine rings is 1. The Morgan fingerprint density at radius 2 is 1.93 bits per heavy atom. The van der Waals surface area contributed by atoms with Crippen molar-refractivity contribution in [2.24, 2.45) is 0 Å². The van der Waals surface area contributed by atoms with Crippen molar-refractivity contribution >= 4 is 5.82 Å². The number of fused-ring (bicyclic) bond motifs is 3. The third kappa shape index (κ3) is 2.37. The van der Waals surface area contributed by atoms with Gasteiger partial charge >= 0.3 is 0 Å². The van der Waals surface area contributed by atoms with Crippen LogP contribution in [0.15, 0.2) is 54.7 Å². The lowest BCUT2D eigenvalue weighted by Crippen LogP contribution is -2.57. The van der Waals surface area contributed by atoms with Gasteiger partial charge in [0.25, 0.3) is 0 Å². The number of anilines is 1. The number of nitriles is 1. The Kier molecular flexibility index (Phi) is 3.94. The van der Waals surface area contributed by atoms with Gasteiger partial charge in [-0.2, -0.15) is 10.4 Å². The Labute approximate surface area is 165 Å². The van der Waals surface area contributed by atoms with Crippen LogP contribution in [0.1, 0.15) is 36.2 Å². The van der Waals surface area contributed by atoms with Crippen LogP contribution in [0.3, 0.4) is 0 Å². The summed E-state index contributed by atoms with van der Waals surface area (Å²) in [5.74, 6) is 1.16. The molecule has 2 aromatic heterocycles. The molecule has 5 nitrogen and oxygen atoms in total. The van der Waals surface area contributed by atoms with Crippen molar-refractivity contribution in [1.82, 2.24) is 14.8 Å². The lowest BCUT2D eigenvalue weighted by atomic mass is 9.68. The van der Waals surface area contributed by atoms with Crippen LogP contribution < -0.4 is 4.90 Å². The number of pyridine rings is 1. The fraction of sp³-hybridized carbons (Fsp3) is 0.348. The van der Waals surface area contributed by atoms with Crippen LogP contribution in [0.5, 0.6) is 0 Å². The first kappa shape index (κ1) is 17.0. The highest BCUT2D eigenvalue weighted by molar-refractivity contribution is 5.62. The SMILES string of the molecule is Cc1nn(-c2ccccc2)c2c1CC(C#N)(c1ccccn1)C1CCCCN21. The number of hydrogen-bond donors (Lipinski definition) is 0. The lowest BCUT2D eigenvalue weighted by molar-refractivity contribution is 0.315. The van der Waals surface area contributed by atoms with E-state index in [1.165, 1.54) is 5.56 Å². The summed E-state index contributed by atoms with van der Waals surface area (Å²) >= 11 is 0. The standard InChI is InChI=1S/C23H23N5/c1-17-19-15-23(16-24,20-11-5-7-13-25-20)21-12-6-8-14-27(21)22(19)28(26-17)18-9-3-2-4-10-18/h2-5,7,9-11,13,21H,6,8,12,14-15H2,1H3. The smallest absolute Gasteiger partial charge is 0.136 e. The topological polar surface area (TPSA) is 57.7 Å². The van der Waals surface area contributed by atoms with Crippen LogP contribution in [0.25, 0.3) is 5.69 Å². The van der Waals surface area contributed by atoms with Crippen molar-refractivity contribution < 1.29 is 0 Å². The molecule has 2 aliphatic rings. The Bertz CT molecular complexity index is 1030. The predicted molar refractivity (Wildman–Crippen MR) is 109 cm³/mol. The van der Waals surface area contributed by atoms with E-state index in [1.807, 2.05) is 36.4 Å². The van der Waals surface area contributed by atoms with Gasteiger partial charge in [0, 0.05) is 24.7 Å². The summed E-state index contributed by atoms with van der Waals surface area (Å²) in [5, 5.41) is 15.3. The van der Waals surface area contributed by atoms with Crippen LogP contribution in [-0.2, 0) is 11.8 Å². The fourth-order valence-electron chi connectivity index (χ4n) is 4.95. The molecule has 4 heterocycles. The molecular formula is C23H23N5. The average molecular weight is 369 g/mol. The second kappa shape index (κ2) is 6.49. The van der Waals surface area contributed by atoms with Crippen LogP contribution in [0, 0.1) is 18.3 Å². The van der Waals surface area contributed by atoms with Crippen molar-refractivity contribution in [1.29, 1.82) is 5.26 Å². The Morgan fingerprint density at radius 1 is 1.11 bits per heavy atom. The van der Waals surface area contributed by atoms with Crippen molar-refractivity contribution in [3.63, 3.8) is 0 Å². The molecule has 2 aliphatic heterocycles. The first-order valence-corrected chi connectivity index (χ1v) is 9.98. The normalized spacial score (nSPS) is 23.6. The predicted octanol–water partition coefficient (Wildman–Crippen LogP) is 3.95. The van der Waals surface area contributed by atoms with Gasteiger partial charge in [-0.05, 0) is 50.5 Å². The quantitative estimate of drug-likeness (QED) is 0.686. The average Bonchev–Trinajstić information content (AvgIpc) is 3.10. The molecule has 2 atom stereocenters. The molecule has 0 N–H and O–H groups in total. The van der Waals surface area contributed by atoms with Gasteiger partial charge in [-0.3, -0.25) is 4.98 Å². The maximum atomic E-state index is 10.4. The van der Waals surface area contributed by atoms with E-state index in [9.17, 15) is 5.26 Å². The number of hydrogen-bond acceptors (Lipinski definition) is 4. The molecule has 1 aromatic carbocycles. The van der Waals surface area contributed by atoms with Crippen molar-refractivity contribution in [3.05, 3.63) is 71.7 Å². The third-order valence-corrected chi connectivity index (χ3v) is 6.28. The van der Waals surface area contributed by atoms with Crippen LogP contribution in [0.2, 0.25) is 0 Å². The maximum absolute atomic E-state index is 10.4. The molecule has 140 valence electrons. The second-order valence-corrected chi connectivity index (χ2v) is 7.81. The van der Waals surface area contributed by atoms with E-state index in [4.69, 9.17) is 5.10 Å². The van der Waals surface area contributed by atoms with Gasteiger partial charge in [0.15, 0.2) is 0 Å². The lowest BCUT2D eigenvalue weighted by Gasteiger charge is -2.49. The first-order chi connectivity index (χ1) is 13.7. The molecule has 28 heavy (non-hydrogen) atoms. The highest BCUT2D eigenvalue weighted by Crippen LogP contribution is 2.47. The van der Waals surface area contributed by atoms with E-state index in [0.29, 0.717) is 6.42 Å². The van der Waals surface area contributed by atoms with Gasteiger partial charge in [0.05, 0.1) is 29.2 Å². The van der Waals surface area contributed by atoms with Crippen molar-refractivity contribution in [2.45, 2.75) is 44.1 Å². The van der Waals surface area contributed by atoms with Gasteiger partial charge in [0.1, 0.15) is 11.2 Å². The summed E-state index contributed by atoms with van der Waals surface area (Å²) in [4.78, 5) is 7.07. The molecule has 0 amide bonds. The van der Waals surface area contributed by atoms with Crippen LogP contribution >= 0.6 is 0 Å². The molecular weight excluding hydrogens is 346 g/mol. The maximum Gasteiger partial charge on any atom is 0.136 e. The van der Waals surface area contributed by atoms with Gasteiger partial charge in [-0.15, -0.1) is 0 Å². The molecule has 1 saturated heterocycles. The van der Waals surface area contributed by atoms with Crippen molar-refractivity contribution in [2.75, 3.05) is 11.4 Å². The minimum absolute atomic E-state index is 0.118. The number of aryl methyl sites for hydroxylation is 1. The highest BCUT2D eigenvalue weighted by atomic mass is 15.4. The van der Waals surface area contributed by atoms with E-state index in [0.717, 1.165) is 48.7 Å². The number of benzene rings is 1. The van der Waals surface area contributed by atoms with E-state index < -0.39 is 5.41 Å². The minimum Gasteiger partial charge on any atom is -0.351 e. The summed E-state index contributed by atoms with van der Waals surface area (Å²) in [6.45, 7) is 3.01. The zero-order valence-electron chi connectivity index (χ0n) is 16.0. The van der Waals surface area contributed by atoms with Gasteiger partial charge in [0.2, 0.25) is 0 Å². The molecule has 0 aliphatic carbocycles. The molecule has 2 unspecified atom stereocenters. The monoisotopic (exact) mass is 369 g/mol. The van der Waals surface area contributed by atoms with Gasteiger partial charge in [-0.1, -0.05) is 24.3 Å². The van der Waals surface area contributed by atoms with Crippen LogP contribution in [0.4, 0.5) is 5.82 Å². The number of nitrogens with zero attached hydrogens (tertiary/aromatic N) is 5. The van der Waals surface area contributed by atoms with E-state index in [2.05, 4.69) is 39.7 Å². The molecule has 0 radical (unpaired) electrons. The van der Waals surface area contributed by atoms with E-state index >= 15 is 0 Å². The summed E-state index contributed by atoms with van der Waals surface area (Å²) in [5.41, 5.74) is 3.49. The summed E-state index contributed by atoms with van der Waals surface area (Å²) in [6.07, 6.45) is 5.75. The van der Waals surface area contributed by atoms with Crippen LogP contribution in [-0.4, -0.2) is 27.4 Å². The molecule has 5 rings (SSSR count). The summed E-state index contributed by atoms with van der Waals surface area (Å²) in [7, 11) is 0.